The molecule has 1 aromatic heterocycles. The predicted octanol–water partition coefficient (Wildman–Crippen LogP) is 3.64. The third-order valence-corrected chi connectivity index (χ3v) is 3.69. The molecule has 3 aromatic rings. The van der Waals surface area contributed by atoms with E-state index in [0.717, 1.165) is 22.4 Å². The van der Waals surface area contributed by atoms with E-state index in [2.05, 4.69) is 11.4 Å². The Morgan fingerprint density at radius 2 is 1.74 bits per heavy atom. The number of carbonyl (C=O) groups is 1. The number of benzene rings is 2. The largest absolute Gasteiger partial charge is 0.366 e. The van der Waals surface area contributed by atoms with Crippen molar-refractivity contribution in [2.45, 2.75) is 6.42 Å². The number of amides is 1. The Kier molecular flexibility index (Phi) is 4.48. The lowest BCUT2D eigenvalue weighted by Gasteiger charge is -2.07. The summed E-state index contributed by atoms with van der Waals surface area (Å²) in [6.07, 6.45) is 4.53. The minimum atomic E-state index is -0.395. The molecule has 2 aromatic carbocycles. The van der Waals surface area contributed by atoms with Gasteiger partial charge < -0.3 is 5.73 Å². The molecule has 0 atom stereocenters. The summed E-state index contributed by atoms with van der Waals surface area (Å²) >= 11 is 0. The van der Waals surface area contributed by atoms with Crippen molar-refractivity contribution in [1.29, 1.82) is 0 Å². The Morgan fingerprint density at radius 3 is 2.52 bits per heavy atom. The van der Waals surface area contributed by atoms with E-state index in [1.807, 2.05) is 60.7 Å². The van der Waals surface area contributed by atoms with Crippen LogP contribution in [0.2, 0.25) is 0 Å². The van der Waals surface area contributed by atoms with Gasteiger partial charge in [0, 0.05) is 17.3 Å². The highest BCUT2D eigenvalue weighted by Crippen LogP contribution is 2.19. The van der Waals surface area contributed by atoms with Gasteiger partial charge in [-0.3, -0.25) is 9.78 Å². The van der Waals surface area contributed by atoms with Gasteiger partial charge in [0.1, 0.15) is 0 Å². The molecule has 0 aliphatic rings. The van der Waals surface area contributed by atoms with Crippen molar-refractivity contribution in [3.8, 4) is 11.3 Å². The third-order valence-electron chi connectivity index (χ3n) is 3.69. The second-order valence-corrected chi connectivity index (χ2v) is 5.27. The molecule has 1 amide bonds. The molecule has 0 aliphatic carbocycles. The summed E-state index contributed by atoms with van der Waals surface area (Å²) in [4.78, 5) is 15.9. The van der Waals surface area contributed by atoms with Crippen LogP contribution in [0.5, 0.6) is 0 Å². The highest BCUT2D eigenvalue weighted by atomic mass is 16.1. The Balaban J connectivity index is 1.78. The van der Waals surface area contributed by atoms with Crippen molar-refractivity contribution < 1.29 is 4.79 Å². The fraction of sp³-hybridized carbons (Fsp3) is 0.0500. The van der Waals surface area contributed by atoms with Crippen LogP contribution >= 0.6 is 0 Å². The van der Waals surface area contributed by atoms with Gasteiger partial charge in [0.25, 0.3) is 0 Å². The standard InChI is InChI=1S/C20H17N2O/c21-20(23)18-9-5-4-6-16(18)11-10-15-12-13-22-19(14-15)17-7-2-1-3-8-17/h1-10,12-14H,11H2,(H2,21,23). The molecule has 0 saturated heterocycles. The second-order valence-electron chi connectivity index (χ2n) is 5.27. The van der Waals surface area contributed by atoms with Crippen LogP contribution in [0.25, 0.3) is 11.3 Å². The van der Waals surface area contributed by atoms with E-state index < -0.39 is 5.91 Å². The summed E-state index contributed by atoms with van der Waals surface area (Å²) in [5, 5.41) is 0. The van der Waals surface area contributed by atoms with Crippen molar-refractivity contribution in [3.05, 3.63) is 96.0 Å². The van der Waals surface area contributed by atoms with E-state index >= 15 is 0 Å². The van der Waals surface area contributed by atoms with Gasteiger partial charge in [-0.2, -0.15) is 0 Å². The second kappa shape index (κ2) is 6.88. The summed E-state index contributed by atoms with van der Waals surface area (Å²) in [5.41, 5.74) is 10.0. The highest BCUT2D eigenvalue weighted by molar-refractivity contribution is 5.94. The fourth-order valence-corrected chi connectivity index (χ4v) is 2.51. The molecule has 0 saturated carbocycles. The van der Waals surface area contributed by atoms with Crippen LogP contribution in [0.1, 0.15) is 21.5 Å². The van der Waals surface area contributed by atoms with E-state index in [-0.39, 0.29) is 0 Å². The van der Waals surface area contributed by atoms with Crippen LogP contribution in [0, 0.1) is 6.42 Å². The fourth-order valence-electron chi connectivity index (χ4n) is 2.51. The van der Waals surface area contributed by atoms with Gasteiger partial charge in [-0.1, -0.05) is 48.5 Å². The van der Waals surface area contributed by atoms with Gasteiger partial charge in [0.05, 0.1) is 5.69 Å². The minimum Gasteiger partial charge on any atom is -0.366 e. The molecule has 113 valence electrons. The van der Waals surface area contributed by atoms with Crippen molar-refractivity contribution in [2.24, 2.45) is 5.73 Å². The van der Waals surface area contributed by atoms with Crippen molar-refractivity contribution in [1.82, 2.24) is 4.98 Å². The van der Waals surface area contributed by atoms with Crippen LogP contribution in [-0.4, -0.2) is 10.9 Å². The van der Waals surface area contributed by atoms with Crippen LogP contribution in [0.4, 0.5) is 0 Å². The molecular formula is C20H17N2O. The molecule has 0 bridgehead atoms. The van der Waals surface area contributed by atoms with E-state index in [9.17, 15) is 4.79 Å². The Morgan fingerprint density at radius 1 is 1.00 bits per heavy atom. The molecule has 2 N–H and O–H groups in total. The zero-order chi connectivity index (χ0) is 16.1. The van der Waals surface area contributed by atoms with Crippen LogP contribution in [0.3, 0.4) is 0 Å². The zero-order valence-corrected chi connectivity index (χ0v) is 12.6. The first-order valence-corrected chi connectivity index (χ1v) is 7.46. The SMILES string of the molecule is NC(=O)c1ccccc1C[CH]c1ccnc(-c2ccccc2)c1. The van der Waals surface area contributed by atoms with Crippen molar-refractivity contribution >= 4 is 5.91 Å². The monoisotopic (exact) mass is 301 g/mol. The summed E-state index contributed by atoms with van der Waals surface area (Å²) in [7, 11) is 0. The molecule has 1 heterocycles. The van der Waals surface area contributed by atoms with E-state index in [1.165, 1.54) is 0 Å². The summed E-state index contributed by atoms with van der Waals surface area (Å²) in [6, 6.07) is 21.5. The Bertz CT molecular complexity index is 813. The number of rotatable bonds is 5. The third kappa shape index (κ3) is 3.64. The molecule has 3 heteroatoms. The van der Waals surface area contributed by atoms with E-state index in [1.54, 1.807) is 12.3 Å². The molecule has 1 radical (unpaired) electrons. The summed E-state index contributed by atoms with van der Waals surface area (Å²) < 4.78 is 0. The lowest BCUT2D eigenvalue weighted by Crippen LogP contribution is -2.13. The quantitative estimate of drug-likeness (QED) is 0.782. The number of nitrogens with zero attached hydrogens (tertiary/aromatic N) is 1. The number of hydrogen-bond donors (Lipinski definition) is 1. The molecule has 0 fully saturated rings. The maximum Gasteiger partial charge on any atom is 0.248 e. The average Bonchev–Trinajstić information content (AvgIpc) is 2.61. The Hall–Kier alpha value is -2.94. The normalized spacial score (nSPS) is 10.4. The zero-order valence-electron chi connectivity index (χ0n) is 12.6. The van der Waals surface area contributed by atoms with Gasteiger partial charge in [-0.25, -0.2) is 0 Å². The number of aromatic nitrogens is 1. The van der Waals surface area contributed by atoms with Gasteiger partial charge in [-0.05, 0) is 42.2 Å². The topological polar surface area (TPSA) is 56.0 Å². The van der Waals surface area contributed by atoms with Crippen molar-refractivity contribution in [2.75, 3.05) is 0 Å². The van der Waals surface area contributed by atoms with Gasteiger partial charge in [-0.15, -0.1) is 0 Å². The number of hydrogen-bond acceptors (Lipinski definition) is 2. The van der Waals surface area contributed by atoms with Crippen LogP contribution in [-0.2, 0) is 6.42 Å². The maximum atomic E-state index is 11.5. The number of nitrogens with two attached hydrogens (primary N) is 1. The van der Waals surface area contributed by atoms with Crippen LogP contribution < -0.4 is 5.73 Å². The Labute approximate surface area is 135 Å². The minimum absolute atomic E-state index is 0.395. The number of pyridine rings is 1. The van der Waals surface area contributed by atoms with Crippen LogP contribution in [0.15, 0.2) is 72.9 Å². The first-order valence-electron chi connectivity index (χ1n) is 7.46. The molecular weight excluding hydrogens is 284 g/mol. The summed E-state index contributed by atoms with van der Waals surface area (Å²) in [5.74, 6) is -0.395. The lowest BCUT2D eigenvalue weighted by atomic mass is 9.99. The smallest absolute Gasteiger partial charge is 0.248 e. The molecule has 3 nitrogen and oxygen atoms in total. The van der Waals surface area contributed by atoms with Gasteiger partial charge >= 0.3 is 0 Å². The number of carbonyl (C=O) groups excluding carboxylic acids is 1. The molecule has 0 spiro atoms. The first kappa shape index (κ1) is 15.0. The summed E-state index contributed by atoms with van der Waals surface area (Å²) in [6.45, 7) is 0. The maximum absolute atomic E-state index is 11.5. The molecule has 3 rings (SSSR count). The van der Waals surface area contributed by atoms with Crippen molar-refractivity contribution in [3.63, 3.8) is 0 Å². The average molecular weight is 301 g/mol. The highest BCUT2D eigenvalue weighted by Gasteiger charge is 2.08. The van der Waals surface area contributed by atoms with Gasteiger partial charge in [0.15, 0.2) is 0 Å². The molecule has 0 aliphatic heterocycles. The number of primary amides is 1. The van der Waals surface area contributed by atoms with Gasteiger partial charge in [0.2, 0.25) is 5.91 Å². The molecule has 0 unspecified atom stereocenters. The lowest BCUT2D eigenvalue weighted by molar-refractivity contribution is 0.0999. The first-order chi connectivity index (χ1) is 11.2. The molecule has 23 heavy (non-hydrogen) atoms. The van der Waals surface area contributed by atoms with E-state index in [4.69, 9.17) is 5.73 Å². The van der Waals surface area contributed by atoms with E-state index in [0.29, 0.717) is 12.0 Å². The predicted molar refractivity (Wildman–Crippen MR) is 91.7 cm³/mol.